The van der Waals surface area contributed by atoms with E-state index in [1.54, 1.807) is 23.0 Å². The van der Waals surface area contributed by atoms with Gasteiger partial charge in [0, 0.05) is 41.5 Å². The lowest BCUT2D eigenvalue weighted by atomic mass is 9.94. The number of aliphatic hydroxyl groups is 1. The third-order valence-corrected chi connectivity index (χ3v) is 9.36. The van der Waals surface area contributed by atoms with E-state index < -0.39 is 18.3 Å². The second kappa shape index (κ2) is 17.5. The molecule has 0 aliphatic carbocycles. The zero-order valence-electron chi connectivity index (χ0n) is 29.8. The Labute approximate surface area is 301 Å². The van der Waals surface area contributed by atoms with E-state index in [0.717, 1.165) is 32.4 Å². The van der Waals surface area contributed by atoms with Crippen LogP contribution in [0.15, 0.2) is 66.7 Å². The van der Waals surface area contributed by atoms with Crippen LogP contribution in [0.25, 0.3) is 0 Å². The van der Waals surface area contributed by atoms with E-state index in [9.17, 15) is 14.7 Å². The van der Waals surface area contributed by atoms with Crippen molar-refractivity contribution in [2.24, 2.45) is 5.41 Å². The molecule has 50 heavy (non-hydrogen) atoms. The molecule has 0 unspecified atom stereocenters. The van der Waals surface area contributed by atoms with Crippen LogP contribution in [0, 0.1) is 5.41 Å². The fourth-order valence-electron chi connectivity index (χ4n) is 6.62. The Balaban J connectivity index is 1.35. The molecule has 2 amide bonds. The van der Waals surface area contributed by atoms with Crippen molar-refractivity contribution in [3.05, 3.63) is 88.4 Å². The molecule has 1 saturated heterocycles. The Bertz CT molecular complexity index is 1570. The number of benzene rings is 3. The number of nitrogens with one attached hydrogen (secondary N) is 1. The molecule has 2 heterocycles. The topological polar surface area (TPSA) is 101 Å². The molecule has 1 fully saturated rings. The molecule has 0 bridgehead atoms. The fourth-order valence-corrected chi connectivity index (χ4v) is 6.80. The largest absolute Gasteiger partial charge is 0.492 e. The molecule has 0 aromatic heterocycles. The number of methoxy groups -OCH3 is 1. The first kappa shape index (κ1) is 37.6. The lowest BCUT2D eigenvalue weighted by Gasteiger charge is -2.33. The van der Waals surface area contributed by atoms with Crippen LogP contribution in [0.1, 0.15) is 75.7 Å². The number of para-hydroxylation sites is 1. The number of fused-ring (bicyclic) bond motifs is 1. The Hall–Kier alpha value is -3.63. The third-order valence-electron chi connectivity index (χ3n) is 9.13. The zero-order valence-corrected chi connectivity index (χ0v) is 30.6. The molecule has 2 aliphatic heterocycles. The Kier molecular flexibility index (Phi) is 13.2. The smallest absolute Gasteiger partial charge is 0.256 e. The lowest BCUT2D eigenvalue weighted by Crippen LogP contribution is -2.47. The van der Waals surface area contributed by atoms with Crippen molar-refractivity contribution >= 4 is 29.1 Å². The summed E-state index contributed by atoms with van der Waals surface area (Å²) in [6.07, 6.45) is 1.59. The highest BCUT2D eigenvalue weighted by Crippen LogP contribution is 2.46. The maximum atomic E-state index is 14.4. The molecule has 2 aliphatic rings. The van der Waals surface area contributed by atoms with Crippen molar-refractivity contribution in [3.63, 3.8) is 0 Å². The SMILES string of the molecule is COc1c(OCCCNCCCc2ccccc2)cccc1[C@@H]1O[C@@H](CC(=O)N2CCC(O)CC2)C(=O)N(CC(C)(C)C)c2ccc(Cl)cc21. The van der Waals surface area contributed by atoms with Gasteiger partial charge in [0.1, 0.15) is 12.2 Å². The number of nitrogens with zero attached hydrogens (tertiary/aromatic N) is 2. The van der Waals surface area contributed by atoms with Crippen LogP contribution >= 0.6 is 11.6 Å². The number of aryl methyl sites for hydroxylation is 1. The summed E-state index contributed by atoms with van der Waals surface area (Å²) in [7, 11) is 1.60. The van der Waals surface area contributed by atoms with E-state index in [1.165, 1.54) is 5.56 Å². The van der Waals surface area contributed by atoms with Gasteiger partial charge in [-0.25, -0.2) is 0 Å². The monoisotopic (exact) mass is 705 g/mol. The van der Waals surface area contributed by atoms with Crippen LogP contribution in [0.4, 0.5) is 5.69 Å². The van der Waals surface area contributed by atoms with Gasteiger partial charge in [-0.1, -0.05) is 74.8 Å². The normalized spacial score (nSPS) is 18.5. The lowest BCUT2D eigenvalue weighted by molar-refractivity contribution is -0.144. The summed E-state index contributed by atoms with van der Waals surface area (Å²) in [6, 6.07) is 21.6. The van der Waals surface area contributed by atoms with Crippen molar-refractivity contribution in [1.29, 1.82) is 0 Å². The van der Waals surface area contributed by atoms with Crippen LogP contribution in [-0.2, 0) is 20.7 Å². The number of anilines is 1. The standard InChI is InChI=1S/C40H52ClN3O6/c1-40(2,3)27-44-33-17-16-29(41)25-32(33)37(50-35(39(44)47)26-36(46)43-22-18-30(45)19-23-43)31-14-8-15-34(38(31)48-4)49-24-10-21-42-20-9-13-28-11-6-5-7-12-28/h5-8,11-12,14-17,25,30,35,37,42,45H,9-10,13,18-24,26-27H2,1-4H3/t35-,37-/m0/s1. The number of aliphatic hydroxyl groups excluding tert-OH is 1. The van der Waals surface area contributed by atoms with E-state index in [-0.39, 0.29) is 23.7 Å². The maximum Gasteiger partial charge on any atom is 0.256 e. The molecule has 2 atom stereocenters. The molecule has 9 nitrogen and oxygen atoms in total. The van der Waals surface area contributed by atoms with Crippen LogP contribution in [0.5, 0.6) is 11.5 Å². The van der Waals surface area contributed by atoms with Gasteiger partial charge in [-0.3, -0.25) is 9.59 Å². The highest BCUT2D eigenvalue weighted by Gasteiger charge is 2.41. The molecular weight excluding hydrogens is 654 g/mol. The first-order valence-electron chi connectivity index (χ1n) is 17.8. The number of halogens is 1. The van der Waals surface area contributed by atoms with Crippen molar-refractivity contribution in [3.8, 4) is 11.5 Å². The summed E-state index contributed by atoms with van der Waals surface area (Å²) < 4.78 is 19.0. The van der Waals surface area contributed by atoms with E-state index in [0.29, 0.717) is 72.4 Å². The summed E-state index contributed by atoms with van der Waals surface area (Å²) in [4.78, 5) is 31.4. The maximum absolute atomic E-state index is 14.4. The second-order valence-electron chi connectivity index (χ2n) is 14.4. The zero-order chi connectivity index (χ0) is 35.7. The molecular formula is C40H52ClN3O6. The second-order valence-corrected chi connectivity index (χ2v) is 14.9. The molecule has 3 aromatic carbocycles. The van der Waals surface area contributed by atoms with Gasteiger partial charge < -0.3 is 34.4 Å². The summed E-state index contributed by atoms with van der Waals surface area (Å²) in [5.74, 6) is 0.624. The van der Waals surface area contributed by atoms with Crippen LogP contribution in [0.2, 0.25) is 5.02 Å². The van der Waals surface area contributed by atoms with E-state index in [2.05, 4.69) is 50.4 Å². The molecule has 0 saturated carbocycles. The molecule has 2 N–H and O–H groups in total. The first-order valence-corrected chi connectivity index (χ1v) is 18.2. The number of piperidine rings is 1. The van der Waals surface area contributed by atoms with Crippen LogP contribution in [-0.4, -0.2) is 80.5 Å². The Morgan fingerprint density at radius 2 is 1.74 bits per heavy atom. The predicted molar refractivity (Wildman–Crippen MR) is 197 cm³/mol. The van der Waals surface area contributed by atoms with Gasteiger partial charge in [-0.2, -0.15) is 0 Å². The number of carbonyl (C=O) groups excluding carboxylic acids is 2. The summed E-state index contributed by atoms with van der Waals surface area (Å²) in [5.41, 5.74) is 3.17. The number of amides is 2. The van der Waals surface area contributed by atoms with Gasteiger partial charge in [0.15, 0.2) is 11.5 Å². The van der Waals surface area contributed by atoms with E-state index in [1.807, 2.05) is 36.4 Å². The van der Waals surface area contributed by atoms with Gasteiger partial charge in [0.2, 0.25) is 5.91 Å². The van der Waals surface area contributed by atoms with Gasteiger partial charge in [-0.15, -0.1) is 0 Å². The summed E-state index contributed by atoms with van der Waals surface area (Å²) in [6.45, 7) is 9.77. The summed E-state index contributed by atoms with van der Waals surface area (Å²) in [5, 5.41) is 14.0. The number of rotatable bonds is 14. The average Bonchev–Trinajstić information content (AvgIpc) is 3.19. The average molecular weight is 706 g/mol. The first-order chi connectivity index (χ1) is 24.0. The minimum Gasteiger partial charge on any atom is -0.492 e. The summed E-state index contributed by atoms with van der Waals surface area (Å²) >= 11 is 6.60. The quantitative estimate of drug-likeness (QED) is 0.183. The van der Waals surface area contributed by atoms with Crippen molar-refractivity contribution < 1.29 is 28.9 Å². The number of ether oxygens (including phenoxy) is 3. The number of hydrogen-bond acceptors (Lipinski definition) is 7. The Morgan fingerprint density at radius 3 is 2.46 bits per heavy atom. The highest BCUT2D eigenvalue weighted by atomic mass is 35.5. The van der Waals surface area contributed by atoms with Gasteiger partial charge in [0.25, 0.3) is 5.91 Å². The van der Waals surface area contributed by atoms with E-state index >= 15 is 0 Å². The number of hydrogen-bond donors (Lipinski definition) is 2. The Morgan fingerprint density at radius 1 is 1.00 bits per heavy atom. The van der Waals surface area contributed by atoms with Gasteiger partial charge in [0.05, 0.1) is 26.2 Å². The van der Waals surface area contributed by atoms with E-state index in [4.69, 9.17) is 25.8 Å². The minimum absolute atomic E-state index is 0.120. The molecule has 270 valence electrons. The van der Waals surface area contributed by atoms with Crippen LogP contribution in [0.3, 0.4) is 0 Å². The molecule has 3 aromatic rings. The van der Waals surface area contributed by atoms with Crippen LogP contribution < -0.4 is 19.7 Å². The molecule has 10 heteroatoms. The minimum atomic E-state index is -1.06. The third kappa shape index (κ3) is 10.00. The predicted octanol–water partition coefficient (Wildman–Crippen LogP) is 6.58. The highest BCUT2D eigenvalue weighted by molar-refractivity contribution is 6.30. The number of carbonyl (C=O) groups is 2. The van der Waals surface area contributed by atoms with Gasteiger partial charge in [-0.05, 0) is 80.4 Å². The molecule has 0 spiro atoms. The molecule has 0 radical (unpaired) electrons. The van der Waals surface area contributed by atoms with Crippen molar-refractivity contribution in [1.82, 2.24) is 10.2 Å². The fraction of sp³-hybridized carbons (Fsp3) is 0.500. The number of likely N-dealkylation sites (tertiary alicyclic amines) is 1. The van der Waals surface area contributed by atoms with Crippen molar-refractivity contribution in [2.45, 2.75) is 77.6 Å². The van der Waals surface area contributed by atoms with Gasteiger partial charge >= 0.3 is 0 Å². The molecule has 5 rings (SSSR count). The van der Waals surface area contributed by atoms with Crippen molar-refractivity contribution in [2.75, 3.05) is 51.3 Å².